The van der Waals surface area contributed by atoms with Gasteiger partial charge in [-0.05, 0) is 91.4 Å². The maximum atomic E-state index is 5.38. The summed E-state index contributed by atoms with van der Waals surface area (Å²) in [5, 5.41) is 2.28. The Balaban J connectivity index is 1.18. The predicted octanol–water partition coefficient (Wildman–Crippen LogP) is 15.7. The van der Waals surface area contributed by atoms with E-state index in [0.29, 0.717) is 34.9 Å². The average Bonchev–Trinajstić information content (AvgIpc) is 3.74. The molecule has 0 saturated carbocycles. The van der Waals surface area contributed by atoms with Gasteiger partial charge in [0, 0.05) is 44.2 Å². The van der Waals surface area contributed by atoms with Gasteiger partial charge in [0.25, 0.3) is 0 Å². The van der Waals surface area contributed by atoms with Crippen molar-refractivity contribution in [2.24, 2.45) is 0 Å². The van der Waals surface area contributed by atoms with Crippen LogP contribution in [0.4, 0.5) is 0 Å². The van der Waals surface area contributed by atoms with Gasteiger partial charge in [-0.1, -0.05) is 193 Å². The Morgan fingerprint density at radius 1 is 0.268 bits per heavy atom. The second kappa shape index (κ2) is 18.0. The van der Waals surface area contributed by atoms with Gasteiger partial charge in [-0.25, -0.2) is 29.9 Å². The molecule has 0 aliphatic rings. The van der Waals surface area contributed by atoms with Gasteiger partial charge in [0.15, 0.2) is 34.9 Å². The highest BCUT2D eigenvalue weighted by molar-refractivity contribution is 6.12. The number of aromatic nitrogens is 7. The minimum Gasteiger partial charge on any atom is -0.308 e. The first-order valence-electron chi connectivity index (χ1n) is 23.9. The summed E-state index contributed by atoms with van der Waals surface area (Å²) in [6.07, 6.45) is 0. The monoisotopic (exact) mass is 913 g/mol. The lowest BCUT2D eigenvalue weighted by molar-refractivity contribution is 1.06. The minimum atomic E-state index is 0.515. The SMILES string of the molecule is Cc1ccc(-c2ccc3c4ccc(-c5ccc(C)cc5C)cc4n(-c4ccc(-c5nc(-c6ccccc6)nc(-c6ccccc6)n5)cc4-c4nc(-c5ccccc5)nc(-c5ccccc5)n4)c3c2)c(C)c1. The number of benzene rings is 9. The van der Waals surface area contributed by atoms with Gasteiger partial charge in [0.05, 0.1) is 16.7 Å². The molecule has 0 amide bonds. The average molecular weight is 914 g/mol. The second-order valence-electron chi connectivity index (χ2n) is 18.2. The largest absolute Gasteiger partial charge is 0.308 e. The highest BCUT2D eigenvalue weighted by Crippen LogP contribution is 2.42. The van der Waals surface area contributed by atoms with E-state index in [4.69, 9.17) is 29.9 Å². The standard InChI is InChI=1S/C64H47N7/c1-40-25-30-51(42(3)35-40)48-27-32-53-54-33-28-49(52-31-26-41(2)36-43(52)4)39-58(54)71(57(53)38-48)56-34-29-50(63-67-59(44-17-9-5-10-18-44)65-60(68-63)45-19-11-6-12-20-45)37-55(56)64-69-61(46-21-13-7-14-22-46)66-62(70-64)47-23-15-8-16-24-47/h5-39H,1-4H3. The topological polar surface area (TPSA) is 82.3 Å². The van der Waals surface area contributed by atoms with E-state index in [9.17, 15) is 0 Å². The maximum absolute atomic E-state index is 5.38. The highest BCUT2D eigenvalue weighted by atomic mass is 15.1. The Bertz CT molecular complexity index is 3740. The molecule has 0 radical (unpaired) electrons. The van der Waals surface area contributed by atoms with Crippen molar-refractivity contribution in [2.75, 3.05) is 0 Å². The zero-order valence-corrected chi connectivity index (χ0v) is 39.8. The maximum Gasteiger partial charge on any atom is 0.166 e. The normalized spacial score (nSPS) is 11.4. The molecule has 0 aliphatic heterocycles. The zero-order valence-electron chi connectivity index (χ0n) is 39.8. The lowest BCUT2D eigenvalue weighted by atomic mass is 9.96. The predicted molar refractivity (Wildman–Crippen MR) is 290 cm³/mol. The fourth-order valence-electron chi connectivity index (χ4n) is 9.80. The number of aryl methyl sites for hydroxylation is 4. The summed E-state index contributed by atoms with van der Waals surface area (Å²) < 4.78 is 2.40. The summed E-state index contributed by atoms with van der Waals surface area (Å²) in [4.78, 5) is 31.3. The molecule has 0 unspecified atom stereocenters. The molecule has 3 heterocycles. The Morgan fingerprint density at radius 3 is 1.00 bits per heavy atom. The minimum absolute atomic E-state index is 0.515. The second-order valence-corrected chi connectivity index (χ2v) is 18.2. The van der Waals surface area contributed by atoms with Crippen LogP contribution in [0.25, 0.3) is 118 Å². The van der Waals surface area contributed by atoms with Crippen molar-refractivity contribution < 1.29 is 0 Å². The Morgan fingerprint density at radius 2 is 0.620 bits per heavy atom. The molecule has 0 saturated heterocycles. The van der Waals surface area contributed by atoms with E-state index in [1.165, 1.54) is 33.4 Å². The Kier molecular flexibility index (Phi) is 10.9. The first-order chi connectivity index (χ1) is 34.8. The molecule has 338 valence electrons. The molecule has 3 aromatic heterocycles. The smallest absolute Gasteiger partial charge is 0.166 e. The van der Waals surface area contributed by atoms with E-state index >= 15 is 0 Å². The molecule has 9 aromatic carbocycles. The van der Waals surface area contributed by atoms with Crippen LogP contribution in [0.5, 0.6) is 0 Å². The van der Waals surface area contributed by atoms with Gasteiger partial charge in [-0.2, -0.15) is 0 Å². The summed E-state index contributed by atoms with van der Waals surface area (Å²) in [5.41, 5.74) is 17.7. The van der Waals surface area contributed by atoms with Gasteiger partial charge < -0.3 is 4.57 Å². The third-order valence-electron chi connectivity index (χ3n) is 13.3. The van der Waals surface area contributed by atoms with Crippen molar-refractivity contribution in [2.45, 2.75) is 27.7 Å². The quantitative estimate of drug-likeness (QED) is 0.143. The number of hydrogen-bond donors (Lipinski definition) is 0. The lowest BCUT2D eigenvalue weighted by Gasteiger charge is -2.17. The van der Waals surface area contributed by atoms with Crippen LogP contribution in [0.15, 0.2) is 212 Å². The summed E-state index contributed by atoms with van der Waals surface area (Å²) in [6.45, 7) is 8.67. The third kappa shape index (κ3) is 8.23. The molecule has 0 spiro atoms. The van der Waals surface area contributed by atoms with E-state index in [-0.39, 0.29) is 0 Å². The van der Waals surface area contributed by atoms with Gasteiger partial charge in [-0.15, -0.1) is 0 Å². The van der Waals surface area contributed by atoms with Crippen LogP contribution in [-0.2, 0) is 0 Å². The molecular formula is C64H47N7. The molecule has 0 atom stereocenters. The van der Waals surface area contributed by atoms with Crippen molar-refractivity contribution in [3.63, 3.8) is 0 Å². The van der Waals surface area contributed by atoms with Crippen LogP contribution in [0, 0.1) is 27.7 Å². The van der Waals surface area contributed by atoms with Crippen molar-refractivity contribution in [1.29, 1.82) is 0 Å². The first-order valence-corrected chi connectivity index (χ1v) is 23.9. The van der Waals surface area contributed by atoms with E-state index in [1.54, 1.807) is 0 Å². The fourth-order valence-corrected chi connectivity index (χ4v) is 9.80. The van der Waals surface area contributed by atoms with Crippen LogP contribution >= 0.6 is 0 Å². The van der Waals surface area contributed by atoms with Crippen molar-refractivity contribution in [1.82, 2.24) is 34.5 Å². The first kappa shape index (κ1) is 43.1. The van der Waals surface area contributed by atoms with Gasteiger partial charge >= 0.3 is 0 Å². The summed E-state index contributed by atoms with van der Waals surface area (Å²) in [7, 11) is 0. The van der Waals surface area contributed by atoms with Crippen molar-refractivity contribution in [3.05, 3.63) is 235 Å². The third-order valence-corrected chi connectivity index (χ3v) is 13.3. The van der Waals surface area contributed by atoms with Crippen LogP contribution in [0.1, 0.15) is 22.3 Å². The van der Waals surface area contributed by atoms with E-state index in [1.807, 2.05) is 121 Å². The number of rotatable bonds is 9. The molecule has 0 N–H and O–H groups in total. The highest BCUT2D eigenvalue weighted by Gasteiger charge is 2.23. The van der Waals surface area contributed by atoms with Crippen LogP contribution in [0.3, 0.4) is 0 Å². The van der Waals surface area contributed by atoms with E-state index < -0.39 is 0 Å². The molecule has 0 bridgehead atoms. The van der Waals surface area contributed by atoms with Crippen molar-refractivity contribution in [3.8, 4) is 96.3 Å². The van der Waals surface area contributed by atoms with Gasteiger partial charge in [0.1, 0.15) is 0 Å². The Labute approximate surface area is 413 Å². The summed E-state index contributed by atoms with van der Waals surface area (Å²) in [5.74, 6) is 3.35. The number of nitrogens with zero attached hydrogens (tertiary/aromatic N) is 7. The van der Waals surface area contributed by atoms with Crippen LogP contribution in [-0.4, -0.2) is 34.5 Å². The summed E-state index contributed by atoms with van der Waals surface area (Å²) in [6, 6.07) is 74.0. The van der Waals surface area contributed by atoms with E-state index in [0.717, 1.165) is 72.0 Å². The van der Waals surface area contributed by atoms with Crippen LogP contribution in [0.2, 0.25) is 0 Å². The molecular weight excluding hydrogens is 867 g/mol. The lowest BCUT2D eigenvalue weighted by Crippen LogP contribution is -2.05. The molecule has 7 heteroatoms. The molecule has 12 aromatic rings. The molecule has 7 nitrogen and oxygen atoms in total. The number of fused-ring (bicyclic) bond motifs is 3. The van der Waals surface area contributed by atoms with Crippen molar-refractivity contribution >= 4 is 21.8 Å². The van der Waals surface area contributed by atoms with Gasteiger partial charge in [-0.3, -0.25) is 0 Å². The summed E-state index contributed by atoms with van der Waals surface area (Å²) >= 11 is 0. The Hall–Kier alpha value is -9.20. The molecule has 0 fully saturated rings. The van der Waals surface area contributed by atoms with Crippen LogP contribution < -0.4 is 0 Å². The number of hydrogen-bond acceptors (Lipinski definition) is 6. The molecule has 12 rings (SSSR count). The zero-order chi connectivity index (χ0) is 48.0. The fraction of sp³-hybridized carbons (Fsp3) is 0.0625. The van der Waals surface area contributed by atoms with E-state index in [2.05, 4.69) is 123 Å². The van der Waals surface area contributed by atoms with Gasteiger partial charge in [0.2, 0.25) is 0 Å². The molecule has 0 aliphatic carbocycles. The molecule has 71 heavy (non-hydrogen) atoms.